The van der Waals surface area contributed by atoms with Crippen molar-refractivity contribution in [1.29, 1.82) is 0 Å². The Balaban J connectivity index is 1.15. The molecular weight excluding hydrogens is 428 g/mol. The summed E-state index contributed by atoms with van der Waals surface area (Å²) < 4.78 is 16.9. The largest absolute Gasteiger partial charge is 0.497 e. The van der Waals surface area contributed by atoms with E-state index in [0.717, 1.165) is 93.8 Å². The third-order valence-electron chi connectivity index (χ3n) is 8.19. The molecule has 0 unspecified atom stereocenters. The van der Waals surface area contributed by atoms with E-state index < -0.39 is 0 Å². The Morgan fingerprint density at radius 2 is 1.71 bits per heavy atom. The molecule has 0 radical (unpaired) electrons. The average molecular weight is 473 g/mol. The van der Waals surface area contributed by atoms with Crippen LogP contribution in [0.15, 0.2) is 18.2 Å². The Bertz CT molecular complexity index is 776. The van der Waals surface area contributed by atoms with Gasteiger partial charge in [0.15, 0.2) is 0 Å². The first kappa shape index (κ1) is 25.2. The topological polar surface area (TPSA) is 60.0 Å². The molecule has 0 aromatic heterocycles. The van der Waals surface area contributed by atoms with E-state index in [0.29, 0.717) is 6.54 Å². The maximum absolute atomic E-state index is 12.5. The van der Waals surface area contributed by atoms with E-state index in [9.17, 15) is 4.79 Å². The second kappa shape index (κ2) is 11.7. The Labute approximate surface area is 205 Å². The summed E-state index contributed by atoms with van der Waals surface area (Å²) in [5.41, 5.74) is 1.05. The summed E-state index contributed by atoms with van der Waals surface area (Å²) >= 11 is 0. The number of nitrogens with one attached hydrogen (secondary N) is 1. The number of carbonyl (C=O) groups excluding carboxylic acids is 1. The molecule has 0 heterocycles. The highest BCUT2D eigenvalue weighted by molar-refractivity contribution is 5.67. The van der Waals surface area contributed by atoms with Crippen LogP contribution in [-0.2, 0) is 11.2 Å². The van der Waals surface area contributed by atoms with E-state index >= 15 is 0 Å². The molecule has 6 heteroatoms. The number of carbonyl (C=O) groups is 1. The van der Waals surface area contributed by atoms with Gasteiger partial charge in [0.1, 0.15) is 17.1 Å². The van der Waals surface area contributed by atoms with Crippen molar-refractivity contribution < 1.29 is 19.0 Å². The van der Waals surface area contributed by atoms with Crippen LogP contribution < -0.4 is 14.8 Å². The van der Waals surface area contributed by atoms with Crippen LogP contribution in [0.2, 0.25) is 0 Å². The molecule has 1 aromatic rings. The second-order valence-corrected chi connectivity index (χ2v) is 10.9. The maximum Gasteiger partial charge on any atom is 0.407 e. The highest BCUT2D eigenvalue weighted by Crippen LogP contribution is 2.57. The van der Waals surface area contributed by atoms with E-state index in [2.05, 4.69) is 23.2 Å². The first-order valence-corrected chi connectivity index (χ1v) is 13.4. The van der Waals surface area contributed by atoms with Crippen molar-refractivity contribution in [1.82, 2.24) is 10.2 Å². The number of hydrogen-bond acceptors (Lipinski definition) is 5. The van der Waals surface area contributed by atoms with Gasteiger partial charge in [-0.25, -0.2) is 4.79 Å². The van der Waals surface area contributed by atoms with Gasteiger partial charge < -0.3 is 24.4 Å². The summed E-state index contributed by atoms with van der Waals surface area (Å²) in [6.45, 7) is 6.04. The fraction of sp³-hybridized carbons (Fsp3) is 0.750. The molecule has 0 saturated heterocycles. The predicted molar refractivity (Wildman–Crippen MR) is 135 cm³/mol. The van der Waals surface area contributed by atoms with Crippen molar-refractivity contribution in [2.75, 3.05) is 40.4 Å². The van der Waals surface area contributed by atoms with Crippen LogP contribution in [0, 0.1) is 17.8 Å². The Kier molecular flexibility index (Phi) is 8.62. The normalized spacial score (nSPS) is 27.1. The molecule has 190 valence electrons. The smallest absolute Gasteiger partial charge is 0.407 e. The molecule has 4 aliphatic rings. The number of amides is 1. The van der Waals surface area contributed by atoms with Crippen molar-refractivity contribution in [2.24, 2.45) is 17.8 Å². The van der Waals surface area contributed by atoms with Gasteiger partial charge in [-0.2, -0.15) is 0 Å². The number of alkyl carbamates (subject to hydrolysis) is 1. The van der Waals surface area contributed by atoms with E-state index in [1.807, 2.05) is 12.1 Å². The number of rotatable bonds is 13. The standard InChI is InChI=1S/C28H44N2O4/c1-4-11-30(13-9-24-7-8-25(32-2)17-26(24)33-3)12-6-5-10-29-27(31)34-28-18-21-14-22(19-28)16-23(15-21)20-28/h7-8,17,21-23H,4-6,9-16,18-20H2,1-3H3,(H,29,31). The number of unbranched alkanes of at least 4 members (excludes halogenated alkanes) is 1. The van der Waals surface area contributed by atoms with Crippen molar-refractivity contribution in [3.8, 4) is 11.5 Å². The molecule has 34 heavy (non-hydrogen) atoms. The minimum atomic E-state index is -0.195. The molecule has 4 aliphatic carbocycles. The monoisotopic (exact) mass is 472 g/mol. The van der Waals surface area contributed by atoms with E-state index in [1.54, 1.807) is 14.2 Å². The lowest BCUT2D eigenvalue weighted by atomic mass is 9.54. The molecule has 4 saturated carbocycles. The Hall–Kier alpha value is -1.95. The quantitative estimate of drug-likeness (QED) is 0.388. The van der Waals surface area contributed by atoms with Gasteiger partial charge in [-0.15, -0.1) is 0 Å². The van der Waals surface area contributed by atoms with Crippen LogP contribution in [-0.4, -0.2) is 57.0 Å². The third kappa shape index (κ3) is 6.38. The molecule has 0 atom stereocenters. The molecule has 4 bridgehead atoms. The van der Waals surface area contributed by atoms with Gasteiger partial charge in [0.2, 0.25) is 0 Å². The van der Waals surface area contributed by atoms with Crippen LogP contribution in [0.3, 0.4) is 0 Å². The summed E-state index contributed by atoms with van der Waals surface area (Å²) in [6.07, 6.45) is 11.3. The van der Waals surface area contributed by atoms with Crippen molar-refractivity contribution in [3.05, 3.63) is 23.8 Å². The third-order valence-corrected chi connectivity index (χ3v) is 8.19. The Morgan fingerprint density at radius 1 is 1.00 bits per heavy atom. The molecule has 6 nitrogen and oxygen atoms in total. The average Bonchev–Trinajstić information content (AvgIpc) is 2.80. The molecular formula is C28H44N2O4. The summed E-state index contributed by atoms with van der Waals surface area (Å²) in [4.78, 5) is 15.0. The lowest BCUT2D eigenvalue weighted by Crippen LogP contribution is -2.53. The van der Waals surface area contributed by atoms with Crippen LogP contribution >= 0.6 is 0 Å². The van der Waals surface area contributed by atoms with Crippen molar-refractivity contribution in [3.63, 3.8) is 0 Å². The van der Waals surface area contributed by atoms with Crippen molar-refractivity contribution in [2.45, 2.75) is 76.7 Å². The van der Waals surface area contributed by atoms with E-state index in [1.165, 1.54) is 24.8 Å². The van der Waals surface area contributed by atoms with Crippen LogP contribution in [0.1, 0.15) is 70.3 Å². The summed E-state index contributed by atoms with van der Waals surface area (Å²) in [7, 11) is 3.39. The zero-order valence-electron chi connectivity index (χ0n) is 21.4. The highest BCUT2D eigenvalue weighted by Gasteiger charge is 2.53. The van der Waals surface area contributed by atoms with Gasteiger partial charge in [-0.1, -0.05) is 13.0 Å². The zero-order valence-corrected chi connectivity index (χ0v) is 21.4. The molecule has 0 aliphatic heterocycles. The minimum Gasteiger partial charge on any atom is -0.497 e. The number of ether oxygens (including phenoxy) is 3. The lowest BCUT2D eigenvalue weighted by molar-refractivity contribution is -0.127. The SMILES string of the molecule is CCCN(CCCCNC(=O)OC12CC3CC(CC(C3)C1)C2)CCc1ccc(OC)cc1OC. The van der Waals surface area contributed by atoms with Gasteiger partial charge in [0, 0.05) is 19.2 Å². The molecule has 5 rings (SSSR count). The molecule has 4 fully saturated rings. The number of hydrogen-bond donors (Lipinski definition) is 1. The molecule has 1 N–H and O–H groups in total. The summed E-state index contributed by atoms with van der Waals surface area (Å²) in [5, 5.41) is 3.04. The second-order valence-electron chi connectivity index (χ2n) is 10.9. The summed E-state index contributed by atoms with van der Waals surface area (Å²) in [5.74, 6) is 4.09. The lowest BCUT2D eigenvalue weighted by Gasteiger charge is -2.55. The van der Waals surface area contributed by atoms with E-state index in [4.69, 9.17) is 14.2 Å². The predicted octanol–water partition coefficient (Wildman–Crippen LogP) is 5.43. The number of benzene rings is 1. The van der Waals surface area contributed by atoms with Gasteiger partial charge in [-0.05, 0) is 107 Å². The molecule has 1 aromatic carbocycles. The summed E-state index contributed by atoms with van der Waals surface area (Å²) in [6, 6.07) is 6.05. The highest BCUT2D eigenvalue weighted by atomic mass is 16.6. The van der Waals surface area contributed by atoms with Gasteiger partial charge in [0.25, 0.3) is 0 Å². The van der Waals surface area contributed by atoms with Crippen LogP contribution in [0.25, 0.3) is 0 Å². The zero-order chi connectivity index (χ0) is 24.0. The Morgan fingerprint density at radius 3 is 2.32 bits per heavy atom. The first-order valence-electron chi connectivity index (χ1n) is 13.4. The number of methoxy groups -OCH3 is 2. The molecule has 0 spiro atoms. The van der Waals surface area contributed by atoms with Gasteiger partial charge in [0.05, 0.1) is 14.2 Å². The fourth-order valence-corrected chi connectivity index (χ4v) is 7.03. The van der Waals surface area contributed by atoms with Gasteiger partial charge >= 0.3 is 6.09 Å². The van der Waals surface area contributed by atoms with Gasteiger partial charge in [-0.3, -0.25) is 0 Å². The van der Waals surface area contributed by atoms with E-state index in [-0.39, 0.29) is 11.7 Å². The minimum absolute atomic E-state index is 0.154. The maximum atomic E-state index is 12.5. The fourth-order valence-electron chi connectivity index (χ4n) is 7.03. The van der Waals surface area contributed by atoms with Crippen LogP contribution in [0.4, 0.5) is 4.79 Å². The van der Waals surface area contributed by atoms with Crippen molar-refractivity contribution >= 4 is 6.09 Å². The first-order chi connectivity index (χ1) is 16.5. The van der Waals surface area contributed by atoms with Crippen LogP contribution in [0.5, 0.6) is 11.5 Å². The number of nitrogens with zero attached hydrogens (tertiary/aromatic N) is 1. The molecule has 1 amide bonds.